The Morgan fingerprint density at radius 2 is 1.93 bits per heavy atom. The van der Waals surface area contributed by atoms with Crippen molar-refractivity contribution in [3.05, 3.63) is 18.0 Å². The monoisotopic (exact) mass is 274 g/mol. The van der Waals surface area contributed by atoms with Gasteiger partial charge >= 0.3 is 0 Å². The first-order valence-corrected chi connectivity index (χ1v) is 6.62. The molecule has 14 heavy (non-hydrogen) atoms. The van der Waals surface area contributed by atoms with Crippen molar-refractivity contribution < 1.29 is 0 Å². The third-order valence-corrected chi connectivity index (χ3v) is 4.62. The van der Waals surface area contributed by atoms with Crippen molar-refractivity contribution in [2.24, 2.45) is 5.41 Å². The van der Waals surface area contributed by atoms with E-state index < -0.39 is 0 Å². The number of rotatable bonds is 4. The lowest BCUT2D eigenvalue weighted by Crippen LogP contribution is -2.16. The first kappa shape index (κ1) is 12.0. The van der Waals surface area contributed by atoms with Crippen LogP contribution in [0.3, 0.4) is 0 Å². The van der Waals surface area contributed by atoms with Crippen LogP contribution in [0.2, 0.25) is 0 Å². The van der Waals surface area contributed by atoms with Gasteiger partial charge in [-0.25, -0.2) is 9.97 Å². The van der Waals surface area contributed by atoms with Crippen LogP contribution in [0.4, 0.5) is 0 Å². The molecule has 0 atom stereocenters. The molecule has 0 aliphatic rings. The average molecular weight is 275 g/mol. The van der Waals surface area contributed by atoms with Crippen molar-refractivity contribution >= 4 is 27.7 Å². The molecule has 1 rings (SSSR count). The van der Waals surface area contributed by atoms with E-state index in [1.807, 2.05) is 19.3 Å². The lowest BCUT2D eigenvalue weighted by atomic mass is 10.0. The van der Waals surface area contributed by atoms with Gasteiger partial charge in [0.15, 0.2) is 5.16 Å². The summed E-state index contributed by atoms with van der Waals surface area (Å²) in [5, 5.41) is 1.86. The van der Waals surface area contributed by atoms with E-state index in [4.69, 9.17) is 0 Å². The summed E-state index contributed by atoms with van der Waals surface area (Å²) in [6, 6.07) is 0. The predicted octanol–water partition coefficient (Wildman–Crippen LogP) is 3.30. The topological polar surface area (TPSA) is 25.8 Å². The fourth-order valence-corrected chi connectivity index (χ4v) is 2.09. The molecule has 1 heterocycles. The van der Waals surface area contributed by atoms with Gasteiger partial charge in [-0.3, -0.25) is 0 Å². The van der Waals surface area contributed by atoms with E-state index in [-0.39, 0.29) is 0 Å². The Kier molecular flexibility index (Phi) is 4.38. The Hall–Kier alpha value is -0.0900. The van der Waals surface area contributed by atoms with Gasteiger partial charge in [0.25, 0.3) is 0 Å². The van der Waals surface area contributed by atoms with E-state index >= 15 is 0 Å². The van der Waals surface area contributed by atoms with Crippen molar-refractivity contribution in [3.63, 3.8) is 0 Å². The minimum atomic E-state index is 0.291. The van der Waals surface area contributed by atoms with Gasteiger partial charge in [-0.15, -0.1) is 0 Å². The Bertz CT molecular complexity index is 285. The smallest absolute Gasteiger partial charge is 0.187 e. The van der Waals surface area contributed by atoms with Gasteiger partial charge in [0.05, 0.1) is 0 Å². The molecular formula is C10H15BrN2S. The van der Waals surface area contributed by atoms with Crippen LogP contribution in [0, 0.1) is 12.3 Å². The second-order valence-electron chi connectivity index (χ2n) is 4.13. The molecule has 0 saturated carbocycles. The summed E-state index contributed by atoms with van der Waals surface area (Å²) in [5.41, 5.74) is 1.40. The average Bonchev–Trinajstić information content (AvgIpc) is 2.17. The van der Waals surface area contributed by atoms with Crippen LogP contribution in [-0.4, -0.2) is 21.1 Å². The molecule has 0 radical (unpaired) electrons. The quantitative estimate of drug-likeness (QED) is 0.479. The maximum Gasteiger partial charge on any atom is 0.187 e. The number of alkyl halides is 1. The highest BCUT2D eigenvalue weighted by molar-refractivity contribution is 9.09. The molecule has 2 nitrogen and oxygen atoms in total. The van der Waals surface area contributed by atoms with Crippen molar-refractivity contribution in [1.82, 2.24) is 9.97 Å². The number of hydrogen-bond donors (Lipinski definition) is 0. The lowest BCUT2D eigenvalue weighted by molar-refractivity contribution is 0.495. The van der Waals surface area contributed by atoms with Crippen LogP contribution < -0.4 is 0 Å². The number of halogens is 1. The molecule has 0 amide bonds. The predicted molar refractivity (Wildman–Crippen MR) is 65.1 cm³/mol. The molecule has 0 fully saturated rings. The molecule has 1 aromatic rings. The van der Waals surface area contributed by atoms with E-state index in [1.165, 1.54) is 0 Å². The molecular weight excluding hydrogens is 260 g/mol. The van der Waals surface area contributed by atoms with E-state index in [9.17, 15) is 0 Å². The maximum absolute atomic E-state index is 4.25. The number of aromatic nitrogens is 2. The van der Waals surface area contributed by atoms with Crippen molar-refractivity contribution in [3.8, 4) is 0 Å². The summed E-state index contributed by atoms with van der Waals surface area (Å²) < 4.78 is 0. The molecule has 1 aromatic heterocycles. The van der Waals surface area contributed by atoms with Crippen LogP contribution in [0.5, 0.6) is 0 Å². The summed E-state index contributed by atoms with van der Waals surface area (Å²) in [4.78, 5) is 8.50. The van der Waals surface area contributed by atoms with Crippen LogP contribution in [0.15, 0.2) is 17.6 Å². The minimum Gasteiger partial charge on any atom is -0.231 e. The third-order valence-electron chi connectivity index (χ3n) is 1.71. The van der Waals surface area contributed by atoms with Gasteiger partial charge in [-0.05, 0) is 17.9 Å². The summed E-state index contributed by atoms with van der Waals surface area (Å²) in [6.45, 7) is 6.45. The fraction of sp³-hybridized carbons (Fsp3) is 0.600. The summed E-state index contributed by atoms with van der Waals surface area (Å²) in [6.07, 6.45) is 3.72. The molecule has 0 aliphatic carbocycles. The highest BCUT2D eigenvalue weighted by atomic mass is 79.9. The molecule has 0 N–H and O–H groups in total. The second kappa shape index (κ2) is 5.12. The zero-order chi connectivity index (χ0) is 10.6. The first-order chi connectivity index (χ1) is 6.53. The van der Waals surface area contributed by atoms with Gasteiger partial charge < -0.3 is 0 Å². The van der Waals surface area contributed by atoms with Crippen LogP contribution >= 0.6 is 27.7 Å². The van der Waals surface area contributed by atoms with Gasteiger partial charge in [0.2, 0.25) is 0 Å². The largest absolute Gasteiger partial charge is 0.231 e. The standard InChI is InChI=1S/C10H15BrN2S/c1-8-4-12-9(13-5-8)14-7-10(2,3)6-11/h4-5H,6-7H2,1-3H3. The summed E-state index contributed by atoms with van der Waals surface area (Å²) in [7, 11) is 0. The second-order valence-corrected chi connectivity index (χ2v) is 5.63. The highest BCUT2D eigenvalue weighted by Gasteiger charge is 2.16. The van der Waals surface area contributed by atoms with E-state index in [1.54, 1.807) is 11.8 Å². The molecule has 0 unspecified atom stereocenters. The number of nitrogens with zero attached hydrogens (tertiary/aromatic N) is 2. The normalized spacial score (nSPS) is 11.7. The first-order valence-electron chi connectivity index (χ1n) is 4.51. The SMILES string of the molecule is Cc1cnc(SCC(C)(C)CBr)nc1. The zero-order valence-corrected chi connectivity index (χ0v) is 11.2. The van der Waals surface area contributed by atoms with Gasteiger partial charge in [-0.2, -0.15) is 0 Å². The van der Waals surface area contributed by atoms with Gasteiger partial charge in [0, 0.05) is 23.5 Å². The lowest BCUT2D eigenvalue weighted by Gasteiger charge is -2.19. The molecule has 0 spiro atoms. The Morgan fingerprint density at radius 1 is 1.36 bits per heavy atom. The minimum absolute atomic E-state index is 0.291. The number of thioether (sulfide) groups is 1. The Labute approximate surface area is 98.1 Å². The Balaban J connectivity index is 2.50. The molecule has 0 aromatic carbocycles. The van der Waals surface area contributed by atoms with E-state index in [0.717, 1.165) is 21.8 Å². The molecule has 0 bridgehead atoms. The molecule has 4 heteroatoms. The van der Waals surface area contributed by atoms with E-state index in [0.29, 0.717) is 5.41 Å². The maximum atomic E-state index is 4.25. The molecule has 0 saturated heterocycles. The van der Waals surface area contributed by atoms with Gasteiger partial charge in [0.1, 0.15) is 0 Å². The zero-order valence-electron chi connectivity index (χ0n) is 8.75. The Morgan fingerprint density at radius 3 is 2.43 bits per heavy atom. The molecule has 0 aliphatic heterocycles. The van der Waals surface area contributed by atoms with Crippen LogP contribution in [0.25, 0.3) is 0 Å². The highest BCUT2D eigenvalue weighted by Crippen LogP contribution is 2.26. The number of hydrogen-bond acceptors (Lipinski definition) is 3. The van der Waals surface area contributed by atoms with Crippen molar-refractivity contribution in [2.45, 2.75) is 25.9 Å². The summed E-state index contributed by atoms with van der Waals surface area (Å²) >= 11 is 5.21. The van der Waals surface area contributed by atoms with Crippen molar-refractivity contribution in [2.75, 3.05) is 11.1 Å². The number of aryl methyl sites for hydroxylation is 1. The summed E-state index contributed by atoms with van der Waals surface area (Å²) in [5.74, 6) is 1.03. The third kappa shape index (κ3) is 3.96. The van der Waals surface area contributed by atoms with Crippen LogP contribution in [-0.2, 0) is 0 Å². The van der Waals surface area contributed by atoms with E-state index in [2.05, 4.69) is 39.7 Å². The van der Waals surface area contributed by atoms with Crippen LogP contribution in [0.1, 0.15) is 19.4 Å². The van der Waals surface area contributed by atoms with Gasteiger partial charge in [-0.1, -0.05) is 41.5 Å². The van der Waals surface area contributed by atoms with Crippen molar-refractivity contribution in [1.29, 1.82) is 0 Å². The fourth-order valence-electron chi connectivity index (χ4n) is 0.754. The molecule has 78 valence electrons.